The quantitative estimate of drug-likeness (QED) is 0.862. The van der Waals surface area contributed by atoms with Crippen LogP contribution in [0.4, 0.5) is 0 Å². The van der Waals surface area contributed by atoms with Gasteiger partial charge in [0.2, 0.25) is 0 Å². The van der Waals surface area contributed by atoms with Gasteiger partial charge < -0.3 is 15.4 Å². The van der Waals surface area contributed by atoms with Crippen LogP contribution in [0.25, 0.3) is 11.3 Å². The average Bonchev–Trinajstić information content (AvgIpc) is 2.71. The van der Waals surface area contributed by atoms with E-state index in [-0.39, 0.29) is 6.42 Å². The van der Waals surface area contributed by atoms with Crippen LogP contribution >= 0.6 is 0 Å². The lowest BCUT2D eigenvalue weighted by Crippen LogP contribution is -2.16. The van der Waals surface area contributed by atoms with Crippen LogP contribution in [-0.4, -0.2) is 16.2 Å². The van der Waals surface area contributed by atoms with Gasteiger partial charge in [0, 0.05) is 17.2 Å². The molecule has 2 aromatic rings. The second kappa shape index (κ2) is 5.01. The average molecular weight is 246 g/mol. The summed E-state index contributed by atoms with van der Waals surface area (Å²) in [5.74, 6) is -0.399. The van der Waals surface area contributed by atoms with Crippen LogP contribution in [0.3, 0.4) is 0 Å². The summed E-state index contributed by atoms with van der Waals surface area (Å²) in [5, 5.41) is 12.7. The fourth-order valence-corrected chi connectivity index (χ4v) is 1.90. The first-order chi connectivity index (χ1) is 8.59. The predicted molar refractivity (Wildman–Crippen MR) is 65.9 cm³/mol. The van der Waals surface area contributed by atoms with Crippen molar-refractivity contribution in [2.75, 3.05) is 0 Å². The summed E-state index contributed by atoms with van der Waals surface area (Å²) >= 11 is 0. The van der Waals surface area contributed by atoms with Gasteiger partial charge in [0.25, 0.3) is 0 Å². The van der Waals surface area contributed by atoms with Gasteiger partial charge in [-0.3, -0.25) is 4.79 Å². The Hall–Kier alpha value is -2.14. The zero-order valence-corrected chi connectivity index (χ0v) is 9.96. The molecule has 0 aliphatic rings. The maximum absolute atomic E-state index is 10.7. The summed E-state index contributed by atoms with van der Waals surface area (Å²) in [6.07, 6.45) is -0.151. The van der Waals surface area contributed by atoms with E-state index in [9.17, 15) is 4.79 Å². The van der Waals surface area contributed by atoms with Gasteiger partial charge >= 0.3 is 5.97 Å². The van der Waals surface area contributed by atoms with E-state index in [4.69, 9.17) is 15.4 Å². The van der Waals surface area contributed by atoms with Crippen molar-refractivity contribution in [3.63, 3.8) is 0 Å². The zero-order chi connectivity index (χ0) is 13.1. The molecule has 3 N–H and O–H groups in total. The standard InChI is InChI=1S/C13H14N2O3/c1-8-12(10(14)7-11(16)17)13(18-15-8)9-5-3-2-4-6-9/h2-6,10H,7,14H2,1H3,(H,16,17). The van der Waals surface area contributed by atoms with E-state index in [0.717, 1.165) is 5.56 Å². The summed E-state index contributed by atoms with van der Waals surface area (Å²) in [5.41, 5.74) is 8.02. The van der Waals surface area contributed by atoms with E-state index in [1.54, 1.807) is 6.92 Å². The highest BCUT2D eigenvalue weighted by atomic mass is 16.5. The first kappa shape index (κ1) is 12.3. The Balaban J connectivity index is 2.42. The number of carbonyl (C=O) groups is 1. The van der Waals surface area contributed by atoms with Gasteiger partial charge in [0.05, 0.1) is 12.1 Å². The van der Waals surface area contributed by atoms with E-state index in [1.165, 1.54) is 0 Å². The van der Waals surface area contributed by atoms with E-state index in [0.29, 0.717) is 17.0 Å². The molecule has 0 saturated heterocycles. The van der Waals surface area contributed by atoms with E-state index < -0.39 is 12.0 Å². The molecule has 1 aromatic heterocycles. The molecule has 0 radical (unpaired) electrons. The summed E-state index contributed by atoms with van der Waals surface area (Å²) in [4.78, 5) is 10.7. The van der Waals surface area contributed by atoms with Crippen molar-refractivity contribution >= 4 is 5.97 Å². The fourth-order valence-electron chi connectivity index (χ4n) is 1.90. The Kier molecular flexibility index (Phi) is 3.43. The van der Waals surface area contributed by atoms with Gasteiger partial charge in [0.15, 0.2) is 5.76 Å². The number of aromatic nitrogens is 1. The van der Waals surface area contributed by atoms with Crippen LogP contribution < -0.4 is 5.73 Å². The number of hydrogen-bond donors (Lipinski definition) is 2. The first-order valence-corrected chi connectivity index (χ1v) is 5.58. The van der Waals surface area contributed by atoms with Crippen molar-refractivity contribution in [3.8, 4) is 11.3 Å². The lowest BCUT2D eigenvalue weighted by atomic mass is 9.99. The summed E-state index contributed by atoms with van der Waals surface area (Å²) in [7, 11) is 0. The van der Waals surface area contributed by atoms with Crippen LogP contribution in [0.5, 0.6) is 0 Å². The van der Waals surface area contributed by atoms with E-state index in [1.807, 2.05) is 30.3 Å². The number of nitrogens with zero attached hydrogens (tertiary/aromatic N) is 1. The summed E-state index contributed by atoms with van der Waals surface area (Å²) in [6, 6.07) is 8.76. The molecule has 2 rings (SSSR count). The Labute approximate surface area is 104 Å². The van der Waals surface area contributed by atoms with Crippen LogP contribution in [0.15, 0.2) is 34.9 Å². The lowest BCUT2D eigenvalue weighted by molar-refractivity contribution is -0.137. The maximum Gasteiger partial charge on any atom is 0.305 e. The van der Waals surface area contributed by atoms with Crippen molar-refractivity contribution < 1.29 is 14.4 Å². The van der Waals surface area contributed by atoms with Crippen molar-refractivity contribution in [3.05, 3.63) is 41.6 Å². The van der Waals surface area contributed by atoms with Crippen LogP contribution in [-0.2, 0) is 4.79 Å². The highest BCUT2D eigenvalue weighted by Gasteiger charge is 2.22. The van der Waals surface area contributed by atoms with Gasteiger partial charge in [-0.2, -0.15) is 0 Å². The molecule has 18 heavy (non-hydrogen) atoms. The smallest absolute Gasteiger partial charge is 0.305 e. The van der Waals surface area contributed by atoms with Gasteiger partial charge in [-0.05, 0) is 6.92 Å². The topological polar surface area (TPSA) is 89.4 Å². The monoisotopic (exact) mass is 246 g/mol. The minimum Gasteiger partial charge on any atom is -0.481 e. The van der Waals surface area contributed by atoms with Crippen molar-refractivity contribution in [1.82, 2.24) is 5.16 Å². The number of carboxylic acid groups (broad SMARTS) is 1. The highest BCUT2D eigenvalue weighted by Crippen LogP contribution is 2.31. The summed E-state index contributed by atoms with van der Waals surface area (Å²) in [6.45, 7) is 1.76. The maximum atomic E-state index is 10.7. The number of nitrogens with two attached hydrogens (primary N) is 1. The fraction of sp³-hybridized carbons (Fsp3) is 0.231. The lowest BCUT2D eigenvalue weighted by Gasteiger charge is -2.09. The molecule has 0 bridgehead atoms. The van der Waals surface area contributed by atoms with Crippen LogP contribution in [0.1, 0.15) is 23.7 Å². The molecule has 5 heteroatoms. The second-order valence-corrected chi connectivity index (χ2v) is 4.08. The number of aryl methyl sites for hydroxylation is 1. The highest BCUT2D eigenvalue weighted by molar-refractivity contribution is 5.70. The molecule has 1 aromatic carbocycles. The van der Waals surface area contributed by atoms with Crippen LogP contribution in [0.2, 0.25) is 0 Å². The molecule has 0 spiro atoms. The predicted octanol–water partition coefficient (Wildman–Crippen LogP) is 2.12. The normalized spacial score (nSPS) is 12.3. The minimum absolute atomic E-state index is 0.151. The van der Waals surface area contributed by atoms with Crippen molar-refractivity contribution in [2.24, 2.45) is 5.73 Å². The number of hydrogen-bond acceptors (Lipinski definition) is 4. The Morgan fingerprint density at radius 1 is 1.44 bits per heavy atom. The SMILES string of the molecule is Cc1noc(-c2ccccc2)c1C(N)CC(=O)O. The van der Waals surface area contributed by atoms with Gasteiger partial charge in [-0.15, -0.1) is 0 Å². The molecule has 0 amide bonds. The van der Waals surface area contributed by atoms with Gasteiger partial charge in [0.1, 0.15) is 0 Å². The molecular weight excluding hydrogens is 232 g/mol. The second-order valence-electron chi connectivity index (χ2n) is 4.08. The number of benzene rings is 1. The van der Waals surface area contributed by atoms with E-state index >= 15 is 0 Å². The van der Waals surface area contributed by atoms with Crippen molar-refractivity contribution in [2.45, 2.75) is 19.4 Å². The largest absolute Gasteiger partial charge is 0.481 e. The zero-order valence-electron chi connectivity index (χ0n) is 9.96. The molecule has 94 valence electrons. The van der Waals surface area contributed by atoms with Gasteiger partial charge in [-0.25, -0.2) is 0 Å². The van der Waals surface area contributed by atoms with Gasteiger partial charge in [-0.1, -0.05) is 35.5 Å². The summed E-state index contributed by atoms with van der Waals surface area (Å²) < 4.78 is 5.26. The molecule has 5 nitrogen and oxygen atoms in total. The van der Waals surface area contributed by atoms with Crippen LogP contribution in [0, 0.1) is 6.92 Å². The molecule has 0 aliphatic heterocycles. The Bertz CT molecular complexity index is 549. The third kappa shape index (κ3) is 2.41. The molecule has 0 saturated carbocycles. The Morgan fingerprint density at radius 3 is 2.72 bits per heavy atom. The molecule has 1 unspecified atom stereocenters. The molecule has 1 atom stereocenters. The number of rotatable bonds is 4. The first-order valence-electron chi connectivity index (χ1n) is 5.58. The number of carboxylic acids is 1. The van der Waals surface area contributed by atoms with Crippen molar-refractivity contribution in [1.29, 1.82) is 0 Å². The number of aliphatic carboxylic acids is 1. The molecule has 1 heterocycles. The molecule has 0 aliphatic carbocycles. The third-order valence-corrected chi connectivity index (χ3v) is 2.71. The minimum atomic E-state index is -0.942. The Morgan fingerprint density at radius 2 is 2.11 bits per heavy atom. The van der Waals surface area contributed by atoms with E-state index in [2.05, 4.69) is 5.16 Å². The third-order valence-electron chi connectivity index (χ3n) is 2.71. The molecule has 0 fully saturated rings. The molecular formula is C13H14N2O3.